The largest absolute Gasteiger partial charge is 0.275 e. The maximum Gasteiger partial charge on any atom is 0.275 e. The Morgan fingerprint density at radius 1 is 1.30 bits per heavy atom. The van der Waals surface area contributed by atoms with Crippen LogP contribution in [0, 0.1) is 0 Å². The van der Waals surface area contributed by atoms with Gasteiger partial charge in [0.2, 0.25) is 5.16 Å². The van der Waals surface area contributed by atoms with Gasteiger partial charge in [-0.15, -0.1) is 10.2 Å². The first-order chi connectivity index (χ1) is 11.2. The van der Waals surface area contributed by atoms with Gasteiger partial charge in [-0.1, -0.05) is 54.4 Å². The molecule has 0 N–H and O–H groups in total. The van der Waals surface area contributed by atoms with Crippen LogP contribution in [0.5, 0.6) is 0 Å². The van der Waals surface area contributed by atoms with E-state index in [0.717, 1.165) is 29.3 Å². The molecule has 2 heterocycles. The van der Waals surface area contributed by atoms with E-state index in [-0.39, 0.29) is 0 Å². The van der Waals surface area contributed by atoms with Gasteiger partial charge in [-0.05, 0) is 18.6 Å². The zero-order valence-electron chi connectivity index (χ0n) is 12.4. The van der Waals surface area contributed by atoms with E-state index in [4.69, 9.17) is 23.2 Å². The molecule has 0 bridgehead atoms. The van der Waals surface area contributed by atoms with E-state index in [1.807, 2.05) is 0 Å². The minimum Gasteiger partial charge on any atom is -0.184 e. The maximum absolute atomic E-state index is 6.13. The van der Waals surface area contributed by atoms with Crippen LogP contribution in [0.3, 0.4) is 0 Å². The normalized spacial score (nSPS) is 11.8. The van der Waals surface area contributed by atoms with Crippen molar-refractivity contribution in [3.05, 3.63) is 40.1 Å². The Hall–Kier alpha value is -1.57. The molecule has 3 rings (SSSR count). The molecule has 1 aromatic carbocycles. The molecule has 23 heavy (non-hydrogen) atoms. The number of hydrogen-bond acceptors (Lipinski definition) is 5. The average Bonchev–Trinajstić information content (AvgIpc) is 3.10. The minimum absolute atomic E-state index is 0.537. The molecule has 0 saturated heterocycles. The topological polar surface area (TPSA) is 60.4 Å². The molecule has 0 aliphatic heterocycles. The Balaban J connectivity index is 1.82. The van der Waals surface area contributed by atoms with Gasteiger partial charge in [0.15, 0.2) is 0 Å². The fraction of sp³-hybridized carbons (Fsp3) is 0.286. The van der Waals surface area contributed by atoms with Crippen molar-refractivity contribution in [2.24, 2.45) is 5.10 Å². The van der Waals surface area contributed by atoms with Gasteiger partial charge >= 0.3 is 0 Å². The summed E-state index contributed by atoms with van der Waals surface area (Å²) in [6.45, 7) is 2.16. The molecule has 3 aromatic rings. The molecule has 2 aromatic heterocycles. The third-order valence-electron chi connectivity index (χ3n) is 3.09. The van der Waals surface area contributed by atoms with Crippen LogP contribution in [0.1, 0.15) is 25.3 Å². The molecule has 0 aliphatic rings. The second-order valence-electron chi connectivity index (χ2n) is 4.78. The van der Waals surface area contributed by atoms with Gasteiger partial charge in [-0.25, -0.2) is 0 Å². The fourth-order valence-electron chi connectivity index (χ4n) is 1.86. The Bertz CT molecular complexity index is 841. The van der Waals surface area contributed by atoms with Gasteiger partial charge in [0.05, 0.1) is 11.2 Å². The summed E-state index contributed by atoms with van der Waals surface area (Å²) < 4.78 is 3.24. The van der Waals surface area contributed by atoms with Crippen molar-refractivity contribution in [3.8, 4) is 0 Å². The molecular weight excluding hydrogens is 355 g/mol. The van der Waals surface area contributed by atoms with Crippen LogP contribution in [0.25, 0.3) is 5.78 Å². The quantitative estimate of drug-likeness (QED) is 0.374. The first-order valence-electron chi connectivity index (χ1n) is 7.10. The second-order valence-corrected chi connectivity index (χ2v) is 6.69. The van der Waals surface area contributed by atoms with Crippen molar-refractivity contribution in [1.82, 2.24) is 24.5 Å². The molecule has 6 nitrogen and oxygen atoms in total. The predicted molar refractivity (Wildman–Crippen MR) is 93.9 cm³/mol. The average molecular weight is 369 g/mol. The van der Waals surface area contributed by atoms with E-state index in [0.29, 0.717) is 15.8 Å². The van der Waals surface area contributed by atoms with Crippen molar-refractivity contribution < 1.29 is 0 Å². The molecule has 9 heteroatoms. The predicted octanol–water partition coefficient (Wildman–Crippen LogP) is 4.01. The summed E-state index contributed by atoms with van der Waals surface area (Å²) in [5.74, 6) is 1.55. The SMILES string of the molecule is CCCCSc1nnc2n(N=Cc3ccc(Cl)cc3Cl)cnn12. The summed E-state index contributed by atoms with van der Waals surface area (Å²) >= 11 is 13.6. The van der Waals surface area contributed by atoms with Crippen LogP contribution in [-0.2, 0) is 0 Å². The lowest BCUT2D eigenvalue weighted by Crippen LogP contribution is -1.92. The van der Waals surface area contributed by atoms with Crippen molar-refractivity contribution >= 4 is 47.0 Å². The van der Waals surface area contributed by atoms with Crippen molar-refractivity contribution in [3.63, 3.8) is 0 Å². The number of rotatable bonds is 6. The Morgan fingerprint density at radius 2 is 2.17 bits per heavy atom. The first kappa shape index (κ1) is 16.3. The lowest BCUT2D eigenvalue weighted by atomic mass is 10.2. The zero-order valence-corrected chi connectivity index (χ0v) is 14.7. The number of hydrogen-bond donors (Lipinski definition) is 0. The van der Waals surface area contributed by atoms with E-state index in [9.17, 15) is 0 Å². The molecule has 0 spiro atoms. The van der Waals surface area contributed by atoms with Gasteiger partial charge in [-0.2, -0.15) is 19.4 Å². The molecule has 0 radical (unpaired) electrons. The highest BCUT2D eigenvalue weighted by Gasteiger charge is 2.11. The number of aromatic nitrogens is 5. The van der Waals surface area contributed by atoms with Crippen molar-refractivity contribution in [1.29, 1.82) is 0 Å². The summed E-state index contributed by atoms with van der Waals surface area (Å²) in [5, 5.41) is 18.8. The Morgan fingerprint density at radius 3 is 2.96 bits per heavy atom. The van der Waals surface area contributed by atoms with E-state index < -0.39 is 0 Å². The van der Waals surface area contributed by atoms with Crippen LogP contribution in [0.2, 0.25) is 10.0 Å². The minimum atomic E-state index is 0.537. The maximum atomic E-state index is 6.13. The fourth-order valence-corrected chi connectivity index (χ4v) is 3.29. The van der Waals surface area contributed by atoms with Gasteiger partial charge in [-0.3, -0.25) is 0 Å². The summed E-state index contributed by atoms with van der Waals surface area (Å²) in [5.41, 5.74) is 0.764. The summed E-state index contributed by atoms with van der Waals surface area (Å²) in [6.07, 6.45) is 5.51. The van der Waals surface area contributed by atoms with Crippen molar-refractivity contribution in [2.45, 2.75) is 24.9 Å². The molecule has 120 valence electrons. The third-order valence-corrected chi connectivity index (χ3v) is 4.66. The van der Waals surface area contributed by atoms with Gasteiger partial charge < -0.3 is 0 Å². The third kappa shape index (κ3) is 3.68. The molecule has 0 aliphatic carbocycles. The Kier molecular flexibility index (Phi) is 5.20. The number of unbranched alkanes of at least 4 members (excludes halogenated alkanes) is 1. The van der Waals surface area contributed by atoms with Crippen LogP contribution < -0.4 is 0 Å². The zero-order chi connectivity index (χ0) is 16.2. The van der Waals surface area contributed by atoms with Gasteiger partial charge in [0.25, 0.3) is 5.78 Å². The monoisotopic (exact) mass is 368 g/mol. The number of halogens is 2. The first-order valence-corrected chi connectivity index (χ1v) is 8.84. The van der Waals surface area contributed by atoms with Gasteiger partial charge in [0.1, 0.15) is 6.33 Å². The number of nitrogens with zero attached hydrogens (tertiary/aromatic N) is 6. The number of thioether (sulfide) groups is 1. The van der Waals surface area contributed by atoms with Crippen molar-refractivity contribution in [2.75, 3.05) is 5.75 Å². The highest BCUT2D eigenvalue weighted by molar-refractivity contribution is 7.99. The van der Waals surface area contributed by atoms with Gasteiger partial charge in [0, 0.05) is 16.3 Å². The lowest BCUT2D eigenvalue weighted by Gasteiger charge is -1.98. The molecular formula is C14H14Cl2N6S. The summed E-state index contributed by atoms with van der Waals surface area (Å²) in [7, 11) is 0. The lowest BCUT2D eigenvalue weighted by molar-refractivity contribution is 0.811. The Labute approximate surface area is 147 Å². The van der Waals surface area contributed by atoms with E-state index in [1.54, 1.807) is 51.7 Å². The van der Waals surface area contributed by atoms with E-state index in [1.165, 1.54) is 0 Å². The standard InChI is InChI=1S/C14H14Cl2N6S/c1-2-3-6-23-14-20-19-13-21(9-18-22(13)14)17-8-10-4-5-11(15)7-12(10)16/h4-5,7-9H,2-3,6H2,1H3. The summed E-state index contributed by atoms with van der Waals surface area (Å²) in [4.78, 5) is 0. The van der Waals surface area contributed by atoms with Crippen LogP contribution in [0.15, 0.2) is 34.8 Å². The number of fused-ring (bicyclic) bond motifs is 1. The van der Waals surface area contributed by atoms with Crippen LogP contribution >= 0.6 is 35.0 Å². The van der Waals surface area contributed by atoms with E-state index in [2.05, 4.69) is 27.3 Å². The number of benzene rings is 1. The highest BCUT2D eigenvalue weighted by atomic mass is 35.5. The molecule has 0 saturated carbocycles. The van der Waals surface area contributed by atoms with E-state index >= 15 is 0 Å². The van der Waals surface area contributed by atoms with Crippen LogP contribution in [-0.4, -0.2) is 36.5 Å². The molecule has 0 fully saturated rings. The highest BCUT2D eigenvalue weighted by Crippen LogP contribution is 2.20. The molecule has 0 amide bonds. The summed E-state index contributed by atoms with van der Waals surface area (Å²) in [6, 6.07) is 5.24. The van der Waals surface area contributed by atoms with Crippen LogP contribution in [0.4, 0.5) is 0 Å². The second kappa shape index (κ2) is 7.33. The smallest absolute Gasteiger partial charge is 0.184 e. The molecule has 0 atom stereocenters. The molecule has 0 unspecified atom stereocenters.